The van der Waals surface area contributed by atoms with Crippen molar-refractivity contribution >= 4 is 15.9 Å². The van der Waals surface area contributed by atoms with Gasteiger partial charge < -0.3 is 4.74 Å². The van der Waals surface area contributed by atoms with Crippen molar-refractivity contribution in [2.24, 2.45) is 0 Å². The monoisotopic (exact) mass is 353 g/mol. The van der Waals surface area contributed by atoms with Crippen molar-refractivity contribution in [3.63, 3.8) is 0 Å². The van der Waals surface area contributed by atoms with Gasteiger partial charge in [-0.05, 0) is 46.6 Å². The van der Waals surface area contributed by atoms with Gasteiger partial charge in [0.15, 0.2) is 0 Å². The molecule has 1 aromatic carbocycles. The van der Waals surface area contributed by atoms with Crippen LogP contribution in [-0.4, -0.2) is 34.8 Å². The van der Waals surface area contributed by atoms with Gasteiger partial charge in [-0.3, -0.25) is 10.00 Å². The Balaban J connectivity index is 1.68. The predicted molar refractivity (Wildman–Crippen MR) is 81.4 cm³/mol. The molecule has 112 valence electrons. The van der Waals surface area contributed by atoms with E-state index in [0.717, 1.165) is 36.6 Å². The Morgan fingerprint density at radius 3 is 3.05 bits per heavy atom. The van der Waals surface area contributed by atoms with Crippen molar-refractivity contribution in [3.8, 4) is 0 Å². The van der Waals surface area contributed by atoms with E-state index in [0.29, 0.717) is 11.1 Å². The highest BCUT2D eigenvalue weighted by Crippen LogP contribution is 2.26. The lowest BCUT2D eigenvalue weighted by Crippen LogP contribution is -2.37. The summed E-state index contributed by atoms with van der Waals surface area (Å²) in [5.74, 6) is -0.251. The second-order valence-electron chi connectivity index (χ2n) is 5.31. The smallest absolute Gasteiger partial charge is 0.137 e. The number of aromatic amines is 1. The van der Waals surface area contributed by atoms with Crippen molar-refractivity contribution in [1.29, 1.82) is 0 Å². The van der Waals surface area contributed by atoms with E-state index >= 15 is 0 Å². The Labute approximate surface area is 131 Å². The summed E-state index contributed by atoms with van der Waals surface area (Å²) in [6, 6.07) is 7.10. The summed E-state index contributed by atoms with van der Waals surface area (Å²) in [6.45, 7) is 5.12. The van der Waals surface area contributed by atoms with Gasteiger partial charge in [-0.2, -0.15) is 5.10 Å². The second kappa shape index (κ2) is 6.25. The van der Waals surface area contributed by atoms with Crippen molar-refractivity contribution in [1.82, 2.24) is 15.1 Å². The zero-order valence-corrected chi connectivity index (χ0v) is 13.4. The van der Waals surface area contributed by atoms with Crippen LogP contribution < -0.4 is 0 Å². The third kappa shape index (κ3) is 3.51. The molecular formula is C15H17BrFN3O. The fourth-order valence-electron chi connectivity index (χ4n) is 2.55. The third-order valence-corrected chi connectivity index (χ3v) is 4.22. The van der Waals surface area contributed by atoms with E-state index in [1.54, 1.807) is 12.1 Å². The lowest BCUT2D eigenvalue weighted by atomic mass is 10.1. The van der Waals surface area contributed by atoms with Gasteiger partial charge in [0.2, 0.25) is 0 Å². The first kappa shape index (κ1) is 14.7. The first-order valence-corrected chi connectivity index (χ1v) is 7.71. The van der Waals surface area contributed by atoms with Crippen LogP contribution in [0.25, 0.3) is 0 Å². The second-order valence-corrected chi connectivity index (χ2v) is 6.16. The Morgan fingerprint density at radius 2 is 2.33 bits per heavy atom. The van der Waals surface area contributed by atoms with E-state index in [-0.39, 0.29) is 11.9 Å². The lowest BCUT2D eigenvalue weighted by Gasteiger charge is -2.32. The molecule has 1 aliphatic heterocycles. The number of rotatable bonds is 3. The molecule has 0 spiro atoms. The largest absolute Gasteiger partial charge is 0.371 e. The van der Waals surface area contributed by atoms with E-state index in [4.69, 9.17) is 4.74 Å². The number of hydrogen-bond acceptors (Lipinski definition) is 3. The normalized spacial score (nSPS) is 19.9. The maximum atomic E-state index is 13.3. The number of halogens is 2. The molecule has 21 heavy (non-hydrogen) atoms. The third-order valence-electron chi connectivity index (χ3n) is 3.61. The van der Waals surface area contributed by atoms with Gasteiger partial charge in [0.05, 0.1) is 22.9 Å². The molecule has 2 heterocycles. The Hall–Kier alpha value is -1.24. The van der Waals surface area contributed by atoms with Crippen LogP contribution in [-0.2, 0) is 11.3 Å². The zero-order valence-electron chi connectivity index (χ0n) is 11.8. The maximum Gasteiger partial charge on any atom is 0.137 e. The number of ether oxygens (including phenoxy) is 1. The fourth-order valence-corrected chi connectivity index (χ4v) is 2.94. The Kier molecular flexibility index (Phi) is 4.37. The minimum absolute atomic E-state index is 0.0318. The summed E-state index contributed by atoms with van der Waals surface area (Å²) in [5, 5.41) is 7.23. The molecule has 1 saturated heterocycles. The topological polar surface area (TPSA) is 41.1 Å². The highest BCUT2D eigenvalue weighted by Gasteiger charge is 2.23. The quantitative estimate of drug-likeness (QED) is 0.921. The summed E-state index contributed by atoms with van der Waals surface area (Å²) in [4.78, 5) is 2.31. The molecule has 1 fully saturated rings. The molecule has 6 heteroatoms. The first-order valence-electron chi connectivity index (χ1n) is 6.91. The summed E-state index contributed by atoms with van der Waals surface area (Å²) in [6.07, 6.45) is -0.0318. The molecule has 0 amide bonds. The molecule has 1 N–H and O–H groups in total. The standard InChI is InChI=1S/C15H17BrFN3O/c1-10-6-12(19-18-10)8-20-4-5-21-15(9-20)11-2-3-14(17)13(16)7-11/h2-3,6-7,15H,4-5,8-9H2,1H3,(H,18,19). The van der Waals surface area contributed by atoms with Crippen molar-refractivity contribution < 1.29 is 9.13 Å². The van der Waals surface area contributed by atoms with Crippen LogP contribution in [0.15, 0.2) is 28.7 Å². The number of nitrogens with zero attached hydrogens (tertiary/aromatic N) is 2. The van der Waals surface area contributed by atoms with E-state index in [9.17, 15) is 4.39 Å². The molecule has 0 aliphatic carbocycles. The van der Waals surface area contributed by atoms with E-state index in [1.807, 2.05) is 6.92 Å². The lowest BCUT2D eigenvalue weighted by molar-refractivity contribution is -0.0333. The molecule has 0 radical (unpaired) electrons. The van der Waals surface area contributed by atoms with E-state index < -0.39 is 0 Å². The first-order chi connectivity index (χ1) is 10.1. The Bertz CT molecular complexity index is 631. The van der Waals surface area contributed by atoms with Crippen molar-refractivity contribution in [3.05, 3.63) is 51.5 Å². The number of aromatic nitrogens is 2. The molecule has 0 bridgehead atoms. The zero-order chi connectivity index (χ0) is 14.8. The highest BCUT2D eigenvalue weighted by molar-refractivity contribution is 9.10. The number of H-pyrrole nitrogens is 1. The molecule has 3 rings (SSSR count). The van der Waals surface area contributed by atoms with Gasteiger partial charge in [0, 0.05) is 25.3 Å². The van der Waals surface area contributed by atoms with Crippen LogP contribution in [0.3, 0.4) is 0 Å². The molecule has 1 aliphatic rings. The van der Waals surface area contributed by atoms with Crippen LogP contribution in [0.1, 0.15) is 23.1 Å². The molecule has 1 unspecified atom stereocenters. The molecule has 4 nitrogen and oxygen atoms in total. The molecule has 2 aromatic rings. The number of morpholine rings is 1. The SMILES string of the molecule is Cc1cc(CN2CCOC(c3ccc(F)c(Br)c3)C2)n[nH]1. The van der Waals surface area contributed by atoms with Crippen LogP contribution in [0, 0.1) is 12.7 Å². The van der Waals surface area contributed by atoms with Gasteiger partial charge in [0.1, 0.15) is 5.82 Å². The summed E-state index contributed by atoms with van der Waals surface area (Å²) in [5.41, 5.74) is 3.09. The molecular weight excluding hydrogens is 337 g/mol. The number of aryl methyl sites for hydroxylation is 1. The van der Waals surface area contributed by atoms with Crippen molar-refractivity contribution in [2.75, 3.05) is 19.7 Å². The number of benzene rings is 1. The maximum absolute atomic E-state index is 13.3. The van der Waals surface area contributed by atoms with Crippen LogP contribution >= 0.6 is 15.9 Å². The van der Waals surface area contributed by atoms with Gasteiger partial charge in [-0.1, -0.05) is 6.07 Å². The minimum Gasteiger partial charge on any atom is -0.371 e. The van der Waals surface area contributed by atoms with Gasteiger partial charge in [-0.25, -0.2) is 4.39 Å². The van der Waals surface area contributed by atoms with Gasteiger partial charge in [-0.15, -0.1) is 0 Å². The fraction of sp³-hybridized carbons (Fsp3) is 0.400. The average molecular weight is 354 g/mol. The molecule has 0 saturated carbocycles. The van der Waals surface area contributed by atoms with E-state index in [2.05, 4.69) is 37.1 Å². The van der Waals surface area contributed by atoms with Gasteiger partial charge >= 0.3 is 0 Å². The number of nitrogens with one attached hydrogen (secondary N) is 1. The Morgan fingerprint density at radius 1 is 1.48 bits per heavy atom. The van der Waals surface area contributed by atoms with Crippen molar-refractivity contribution in [2.45, 2.75) is 19.6 Å². The summed E-state index contributed by atoms with van der Waals surface area (Å²) >= 11 is 3.23. The molecule has 1 aromatic heterocycles. The number of hydrogen-bond donors (Lipinski definition) is 1. The summed E-state index contributed by atoms with van der Waals surface area (Å²) in [7, 11) is 0. The highest BCUT2D eigenvalue weighted by atomic mass is 79.9. The average Bonchev–Trinajstić information content (AvgIpc) is 2.87. The van der Waals surface area contributed by atoms with Gasteiger partial charge in [0.25, 0.3) is 0 Å². The molecule has 1 atom stereocenters. The summed E-state index contributed by atoms with van der Waals surface area (Å²) < 4.78 is 19.6. The van der Waals surface area contributed by atoms with E-state index in [1.165, 1.54) is 6.07 Å². The minimum atomic E-state index is -0.251. The van der Waals surface area contributed by atoms with Crippen LogP contribution in [0.4, 0.5) is 4.39 Å². The van der Waals surface area contributed by atoms with Crippen LogP contribution in [0.2, 0.25) is 0 Å². The predicted octanol–water partition coefficient (Wildman–Crippen LogP) is 3.19. The van der Waals surface area contributed by atoms with Crippen LogP contribution in [0.5, 0.6) is 0 Å².